The van der Waals surface area contributed by atoms with E-state index in [1.54, 1.807) is 12.1 Å². The van der Waals surface area contributed by atoms with Crippen molar-refractivity contribution in [3.8, 4) is 0 Å². The first-order valence-corrected chi connectivity index (χ1v) is 13.1. The summed E-state index contributed by atoms with van der Waals surface area (Å²) in [4.78, 5) is 79.6. The fourth-order valence-electron chi connectivity index (χ4n) is 3.60. The standard InChI is InChI=1S/C23H32N8O7.C3H8/c1-31-16(6-3-7-26-23(24)25)22(38)28-11-17(32)30-15(9-19(34)35)21(37)27-10-13-4-2-5-14(8-13)20(36)29-12-18(31)33;1-3-2/h2,4-5,8,15-16H,3,6-7,9-12H2,1H3,(H,27,37)(H,28,38)(H,29,36)(H,30,32)(H,34,35)(H4,24,25,26);3H2,1-2H3. The van der Waals surface area contributed by atoms with Gasteiger partial charge < -0.3 is 42.7 Å². The van der Waals surface area contributed by atoms with Crippen molar-refractivity contribution in [1.82, 2.24) is 26.2 Å². The molecule has 41 heavy (non-hydrogen) atoms. The number of rotatable bonds is 6. The highest BCUT2D eigenvalue weighted by atomic mass is 16.4. The van der Waals surface area contributed by atoms with Crippen molar-refractivity contribution in [1.29, 1.82) is 0 Å². The van der Waals surface area contributed by atoms with Crippen LogP contribution < -0.4 is 32.7 Å². The van der Waals surface area contributed by atoms with Crippen LogP contribution in [0.1, 0.15) is 55.5 Å². The van der Waals surface area contributed by atoms with Crippen molar-refractivity contribution in [2.45, 2.75) is 58.2 Å². The molecule has 0 fully saturated rings. The highest BCUT2D eigenvalue weighted by Crippen LogP contribution is 2.09. The molecule has 15 heteroatoms. The van der Waals surface area contributed by atoms with Crippen molar-refractivity contribution in [3.63, 3.8) is 0 Å². The van der Waals surface area contributed by atoms with Crippen LogP contribution in [0.4, 0.5) is 0 Å². The maximum absolute atomic E-state index is 12.9. The number of aliphatic carboxylic acids is 1. The number of carbonyl (C=O) groups is 6. The number of carboxylic acid groups (broad SMARTS) is 1. The normalized spacial score (nSPS) is 18.7. The van der Waals surface area contributed by atoms with Gasteiger partial charge in [0, 0.05) is 25.7 Å². The zero-order chi connectivity index (χ0) is 30.9. The van der Waals surface area contributed by atoms with Crippen LogP contribution in [0.5, 0.6) is 0 Å². The fraction of sp³-hybridized carbons (Fsp3) is 0.500. The van der Waals surface area contributed by atoms with E-state index in [1.165, 1.54) is 25.6 Å². The van der Waals surface area contributed by atoms with Gasteiger partial charge in [-0.25, -0.2) is 0 Å². The lowest BCUT2D eigenvalue weighted by Crippen LogP contribution is -2.53. The van der Waals surface area contributed by atoms with Gasteiger partial charge in [0.1, 0.15) is 12.1 Å². The van der Waals surface area contributed by atoms with E-state index >= 15 is 0 Å². The molecule has 0 aromatic heterocycles. The molecule has 1 aliphatic heterocycles. The van der Waals surface area contributed by atoms with E-state index in [4.69, 9.17) is 16.6 Å². The van der Waals surface area contributed by atoms with Crippen LogP contribution in [0.3, 0.4) is 0 Å². The highest BCUT2D eigenvalue weighted by Gasteiger charge is 2.28. The zero-order valence-corrected chi connectivity index (χ0v) is 23.6. The summed E-state index contributed by atoms with van der Waals surface area (Å²) in [5.74, 6) is -4.81. The average Bonchev–Trinajstić information content (AvgIpc) is 2.92. The van der Waals surface area contributed by atoms with Gasteiger partial charge in [-0.15, -0.1) is 0 Å². The number of nitrogens with zero attached hydrogens (tertiary/aromatic N) is 2. The number of aliphatic imine (C=N–C) groups is 1. The molecule has 5 amide bonds. The second-order valence-electron chi connectivity index (χ2n) is 9.21. The molecule has 226 valence electrons. The topological polar surface area (TPSA) is 238 Å². The number of amides is 5. The Balaban J connectivity index is 0.00000268. The van der Waals surface area contributed by atoms with Crippen LogP contribution in [-0.2, 0) is 30.5 Å². The van der Waals surface area contributed by atoms with Gasteiger partial charge in [0.05, 0.1) is 19.5 Å². The van der Waals surface area contributed by atoms with Gasteiger partial charge in [-0.2, -0.15) is 0 Å². The quantitative estimate of drug-likeness (QED) is 0.117. The molecular weight excluding hydrogens is 536 g/mol. The van der Waals surface area contributed by atoms with E-state index < -0.39 is 67.1 Å². The van der Waals surface area contributed by atoms with Crippen molar-refractivity contribution >= 4 is 41.5 Å². The third kappa shape index (κ3) is 12.8. The number of guanidine groups is 1. The molecule has 1 aliphatic rings. The predicted octanol–water partition coefficient (Wildman–Crippen LogP) is -1.58. The molecule has 2 atom stereocenters. The summed E-state index contributed by atoms with van der Waals surface area (Å²) in [6.45, 7) is 3.42. The monoisotopic (exact) mass is 576 g/mol. The Bertz CT molecular complexity index is 1120. The summed E-state index contributed by atoms with van der Waals surface area (Å²) >= 11 is 0. The maximum atomic E-state index is 12.9. The summed E-state index contributed by atoms with van der Waals surface area (Å²) < 4.78 is 0. The summed E-state index contributed by atoms with van der Waals surface area (Å²) in [5, 5.41) is 18.9. The fourth-order valence-corrected chi connectivity index (χ4v) is 3.60. The van der Waals surface area contributed by atoms with Crippen LogP contribution in [0, 0.1) is 0 Å². The number of hydrogen-bond acceptors (Lipinski definition) is 7. The Labute approximate surface area is 238 Å². The van der Waals surface area contributed by atoms with E-state index in [-0.39, 0.29) is 31.0 Å². The molecule has 15 nitrogen and oxygen atoms in total. The van der Waals surface area contributed by atoms with Crippen LogP contribution in [0.25, 0.3) is 0 Å². The minimum absolute atomic E-state index is 0.0497. The highest BCUT2D eigenvalue weighted by molar-refractivity contribution is 5.98. The number of carbonyl (C=O) groups excluding carboxylic acids is 5. The van der Waals surface area contributed by atoms with E-state index in [0.717, 1.165) is 4.90 Å². The van der Waals surface area contributed by atoms with Crippen LogP contribution in [0.2, 0.25) is 0 Å². The molecule has 0 saturated heterocycles. The third-order valence-electron chi connectivity index (χ3n) is 5.60. The number of hydrogen-bond donors (Lipinski definition) is 7. The Kier molecular flexibility index (Phi) is 14.9. The molecule has 0 aliphatic carbocycles. The third-order valence-corrected chi connectivity index (χ3v) is 5.60. The molecule has 2 bridgehead atoms. The SMILES string of the molecule is CCC.CN1C(=O)CNC(=O)c2cccc(c2)CNC(=O)C(CC(=O)O)NC(=O)CNC(=O)C1CCCN=C(N)N. The van der Waals surface area contributed by atoms with Crippen LogP contribution >= 0.6 is 0 Å². The summed E-state index contributed by atoms with van der Waals surface area (Å²) in [6.07, 6.45) is 1.00. The van der Waals surface area contributed by atoms with Crippen molar-refractivity contribution in [2.75, 3.05) is 26.7 Å². The van der Waals surface area contributed by atoms with Crippen LogP contribution in [0.15, 0.2) is 29.3 Å². The van der Waals surface area contributed by atoms with E-state index in [1.807, 2.05) is 0 Å². The molecule has 0 radical (unpaired) electrons. The second-order valence-corrected chi connectivity index (χ2v) is 9.21. The van der Waals surface area contributed by atoms with Crippen molar-refractivity contribution in [3.05, 3.63) is 35.4 Å². The van der Waals surface area contributed by atoms with Crippen molar-refractivity contribution in [2.24, 2.45) is 16.5 Å². The lowest BCUT2D eigenvalue weighted by Gasteiger charge is -2.27. The van der Waals surface area contributed by atoms with E-state index in [9.17, 15) is 28.8 Å². The Morgan fingerprint density at radius 3 is 2.32 bits per heavy atom. The second kappa shape index (κ2) is 17.8. The first-order chi connectivity index (χ1) is 19.4. The number of likely N-dealkylation sites (N-methyl/N-ethyl adjacent to an activating group) is 1. The molecule has 1 aromatic rings. The van der Waals surface area contributed by atoms with Gasteiger partial charge in [-0.3, -0.25) is 33.8 Å². The minimum atomic E-state index is -1.41. The van der Waals surface area contributed by atoms with Gasteiger partial charge in [0.2, 0.25) is 23.6 Å². The molecule has 1 aromatic carbocycles. The van der Waals surface area contributed by atoms with Gasteiger partial charge in [0.25, 0.3) is 5.91 Å². The van der Waals surface area contributed by atoms with E-state index in [2.05, 4.69) is 40.1 Å². The molecule has 1 heterocycles. The summed E-state index contributed by atoms with van der Waals surface area (Å²) in [5.41, 5.74) is 11.4. The largest absolute Gasteiger partial charge is 0.481 e. The van der Waals surface area contributed by atoms with Gasteiger partial charge in [0.15, 0.2) is 5.96 Å². The minimum Gasteiger partial charge on any atom is -0.481 e. The van der Waals surface area contributed by atoms with Gasteiger partial charge in [-0.05, 0) is 30.5 Å². The number of nitrogens with two attached hydrogens (primary N) is 2. The number of carboxylic acids is 1. The lowest BCUT2D eigenvalue weighted by molar-refractivity contribution is -0.141. The average molecular weight is 577 g/mol. The van der Waals surface area contributed by atoms with Gasteiger partial charge in [-0.1, -0.05) is 32.4 Å². The Hall–Kier alpha value is -4.69. The number of nitrogens with one attached hydrogen (secondary N) is 4. The summed E-state index contributed by atoms with van der Waals surface area (Å²) in [7, 11) is 1.38. The van der Waals surface area contributed by atoms with Crippen molar-refractivity contribution < 1.29 is 33.9 Å². The number of fused-ring (bicyclic) bond motifs is 2. The molecule has 0 saturated carbocycles. The smallest absolute Gasteiger partial charge is 0.305 e. The first kappa shape index (κ1) is 34.3. The van der Waals surface area contributed by atoms with Gasteiger partial charge >= 0.3 is 5.97 Å². The molecule has 9 N–H and O–H groups in total. The Morgan fingerprint density at radius 1 is 1.02 bits per heavy atom. The molecular formula is C26H40N8O7. The first-order valence-electron chi connectivity index (χ1n) is 13.1. The predicted molar refractivity (Wildman–Crippen MR) is 150 cm³/mol. The lowest BCUT2D eigenvalue weighted by atomic mass is 10.1. The van der Waals surface area contributed by atoms with Crippen LogP contribution in [-0.4, -0.2) is 90.2 Å². The zero-order valence-electron chi connectivity index (χ0n) is 23.6. The molecule has 2 unspecified atom stereocenters. The maximum Gasteiger partial charge on any atom is 0.305 e. The Morgan fingerprint density at radius 2 is 1.68 bits per heavy atom. The summed E-state index contributed by atoms with van der Waals surface area (Å²) in [6, 6.07) is 3.78. The van der Waals surface area contributed by atoms with E-state index in [0.29, 0.717) is 12.0 Å². The molecule has 0 spiro atoms. The number of benzene rings is 1. The molecule has 2 rings (SSSR count).